The van der Waals surface area contributed by atoms with Gasteiger partial charge in [0.2, 0.25) is 21.8 Å². The van der Waals surface area contributed by atoms with Crippen molar-refractivity contribution in [3.63, 3.8) is 0 Å². The van der Waals surface area contributed by atoms with Crippen molar-refractivity contribution in [2.75, 3.05) is 19.6 Å². The maximum atomic E-state index is 12.8. The quantitative estimate of drug-likeness (QED) is 0.459. The van der Waals surface area contributed by atoms with Crippen LogP contribution in [-0.4, -0.2) is 44.8 Å². The van der Waals surface area contributed by atoms with Gasteiger partial charge in [0.1, 0.15) is 12.3 Å². The Labute approximate surface area is 187 Å². The Morgan fingerprint density at radius 2 is 1.59 bits per heavy atom. The minimum absolute atomic E-state index is 0.0466. The molecule has 2 amide bonds. The van der Waals surface area contributed by atoms with Gasteiger partial charge in [0.15, 0.2) is 0 Å². The molecule has 0 spiro atoms. The van der Waals surface area contributed by atoms with Crippen LogP contribution >= 0.6 is 0 Å². The number of hydrogen-bond acceptors (Lipinski definition) is 5. The van der Waals surface area contributed by atoms with E-state index in [1.54, 1.807) is 30.3 Å². The molecule has 0 aliphatic rings. The van der Waals surface area contributed by atoms with Gasteiger partial charge in [-0.2, -0.15) is 0 Å². The molecule has 3 rings (SSSR count). The summed E-state index contributed by atoms with van der Waals surface area (Å²) >= 11 is 0. The third kappa shape index (κ3) is 7.07. The molecule has 0 fully saturated rings. The third-order valence-electron chi connectivity index (χ3n) is 4.66. The lowest BCUT2D eigenvalue weighted by Gasteiger charge is -2.21. The lowest BCUT2D eigenvalue weighted by molar-refractivity contribution is -0.135. The van der Waals surface area contributed by atoms with Crippen LogP contribution in [0, 0.1) is 0 Å². The highest BCUT2D eigenvalue weighted by Gasteiger charge is 2.21. The molecule has 8 nitrogen and oxygen atoms in total. The Morgan fingerprint density at radius 1 is 0.906 bits per heavy atom. The zero-order valence-electron chi connectivity index (χ0n) is 17.4. The smallest absolute Gasteiger partial charge is 0.241 e. The van der Waals surface area contributed by atoms with Gasteiger partial charge in [0, 0.05) is 6.54 Å². The van der Waals surface area contributed by atoms with Crippen LogP contribution in [0.15, 0.2) is 88.4 Å². The molecule has 9 heteroatoms. The first kappa shape index (κ1) is 23.2. The van der Waals surface area contributed by atoms with Crippen molar-refractivity contribution in [1.29, 1.82) is 0 Å². The topological polar surface area (TPSA) is 109 Å². The van der Waals surface area contributed by atoms with Crippen molar-refractivity contribution in [3.05, 3.63) is 90.4 Å². The minimum Gasteiger partial charge on any atom is -0.467 e. The molecule has 0 radical (unpaired) electrons. The first-order valence-corrected chi connectivity index (χ1v) is 11.6. The van der Waals surface area contributed by atoms with Crippen molar-refractivity contribution in [1.82, 2.24) is 14.9 Å². The molecule has 2 aromatic carbocycles. The summed E-state index contributed by atoms with van der Waals surface area (Å²) in [6.45, 7) is -0.228. The van der Waals surface area contributed by atoms with Crippen LogP contribution in [0.1, 0.15) is 11.3 Å². The van der Waals surface area contributed by atoms with Crippen LogP contribution < -0.4 is 10.0 Å². The zero-order valence-corrected chi connectivity index (χ0v) is 18.3. The monoisotopic (exact) mass is 455 g/mol. The summed E-state index contributed by atoms with van der Waals surface area (Å²) in [7, 11) is -3.85. The molecule has 2 N–H and O–H groups in total. The molecule has 3 aromatic rings. The first-order valence-electron chi connectivity index (χ1n) is 10.1. The Morgan fingerprint density at radius 3 is 2.25 bits per heavy atom. The van der Waals surface area contributed by atoms with Crippen LogP contribution in [0.5, 0.6) is 0 Å². The van der Waals surface area contributed by atoms with Gasteiger partial charge < -0.3 is 14.6 Å². The average molecular weight is 456 g/mol. The van der Waals surface area contributed by atoms with Crippen LogP contribution in [0.4, 0.5) is 0 Å². The average Bonchev–Trinajstić information content (AvgIpc) is 3.31. The number of benzene rings is 2. The Bertz CT molecular complexity index is 1100. The largest absolute Gasteiger partial charge is 0.467 e. The molecule has 0 saturated heterocycles. The summed E-state index contributed by atoms with van der Waals surface area (Å²) in [5, 5.41) is 2.79. The highest BCUT2D eigenvalue weighted by molar-refractivity contribution is 7.89. The van der Waals surface area contributed by atoms with Crippen molar-refractivity contribution < 1.29 is 22.4 Å². The molecular weight excluding hydrogens is 430 g/mol. The highest BCUT2D eigenvalue weighted by Crippen LogP contribution is 2.09. The Hall–Kier alpha value is -3.43. The number of rotatable bonds is 11. The van der Waals surface area contributed by atoms with Gasteiger partial charge in [-0.3, -0.25) is 9.59 Å². The van der Waals surface area contributed by atoms with E-state index in [9.17, 15) is 18.0 Å². The lowest BCUT2D eigenvalue weighted by atomic mass is 10.1. The van der Waals surface area contributed by atoms with E-state index in [2.05, 4.69) is 10.0 Å². The fraction of sp³-hybridized carbons (Fsp3) is 0.217. The summed E-state index contributed by atoms with van der Waals surface area (Å²) < 4.78 is 32.4. The minimum atomic E-state index is -3.85. The summed E-state index contributed by atoms with van der Waals surface area (Å²) in [6.07, 6.45) is 2.13. The van der Waals surface area contributed by atoms with Crippen molar-refractivity contribution >= 4 is 21.8 Å². The Kier molecular flexibility index (Phi) is 8.18. The van der Waals surface area contributed by atoms with Crippen molar-refractivity contribution in [2.45, 2.75) is 17.9 Å². The molecule has 0 aliphatic carbocycles. The van der Waals surface area contributed by atoms with E-state index in [4.69, 9.17) is 4.42 Å². The maximum Gasteiger partial charge on any atom is 0.241 e. The van der Waals surface area contributed by atoms with E-state index in [0.29, 0.717) is 18.7 Å². The second-order valence-electron chi connectivity index (χ2n) is 7.05. The fourth-order valence-electron chi connectivity index (χ4n) is 2.99. The zero-order chi connectivity index (χ0) is 22.8. The number of hydrogen-bond donors (Lipinski definition) is 2. The fourth-order valence-corrected chi connectivity index (χ4v) is 3.99. The van der Waals surface area contributed by atoms with Crippen LogP contribution in [0.3, 0.4) is 0 Å². The van der Waals surface area contributed by atoms with E-state index in [0.717, 1.165) is 5.56 Å². The second kappa shape index (κ2) is 11.3. The maximum absolute atomic E-state index is 12.8. The third-order valence-corrected chi connectivity index (χ3v) is 6.08. The van der Waals surface area contributed by atoms with Gasteiger partial charge in [-0.1, -0.05) is 48.5 Å². The van der Waals surface area contributed by atoms with E-state index < -0.39 is 22.5 Å². The summed E-state index contributed by atoms with van der Waals surface area (Å²) in [6, 6.07) is 20.8. The van der Waals surface area contributed by atoms with Gasteiger partial charge >= 0.3 is 0 Å². The number of furan rings is 1. The number of carbonyl (C=O) groups excluding carboxylic acids is 2. The number of nitrogens with one attached hydrogen (secondary N) is 2. The Balaban J connectivity index is 1.57. The van der Waals surface area contributed by atoms with Crippen molar-refractivity contribution in [3.8, 4) is 0 Å². The number of carbonyl (C=O) groups is 2. The number of nitrogens with zero attached hydrogens (tertiary/aromatic N) is 1. The molecule has 32 heavy (non-hydrogen) atoms. The van der Waals surface area contributed by atoms with E-state index >= 15 is 0 Å². The van der Waals surface area contributed by atoms with Gasteiger partial charge in [-0.25, -0.2) is 13.1 Å². The van der Waals surface area contributed by atoms with Gasteiger partial charge in [-0.05, 0) is 36.2 Å². The van der Waals surface area contributed by atoms with E-state index in [1.165, 1.54) is 23.3 Å². The normalized spacial score (nSPS) is 11.1. The first-order chi connectivity index (χ1) is 15.4. The standard InChI is InChI=1S/C23H25N3O5S/c27-22(24-14-13-19-8-3-1-4-9-19)18-26(17-20-10-7-15-31-20)23(28)16-25-32(29,30)21-11-5-2-6-12-21/h1-12,15,25H,13-14,16-18H2,(H,24,27). The van der Waals surface area contributed by atoms with Gasteiger partial charge in [0.25, 0.3) is 0 Å². The van der Waals surface area contributed by atoms with Gasteiger partial charge in [0.05, 0.1) is 24.2 Å². The summed E-state index contributed by atoms with van der Waals surface area (Å²) in [4.78, 5) is 26.5. The molecule has 0 unspecified atom stereocenters. The molecule has 0 atom stereocenters. The molecular formula is C23H25N3O5S. The molecule has 168 valence electrons. The van der Waals surface area contributed by atoms with Gasteiger partial charge in [-0.15, -0.1) is 0 Å². The van der Waals surface area contributed by atoms with Crippen LogP contribution in [0.2, 0.25) is 0 Å². The molecule has 0 aliphatic heterocycles. The summed E-state index contributed by atoms with van der Waals surface area (Å²) in [5.74, 6) is -0.396. The SMILES string of the molecule is O=C(CN(Cc1ccco1)C(=O)CNS(=O)(=O)c1ccccc1)NCCc1ccccc1. The van der Waals surface area contributed by atoms with E-state index in [1.807, 2.05) is 30.3 Å². The predicted molar refractivity (Wildman–Crippen MR) is 119 cm³/mol. The predicted octanol–water partition coefficient (Wildman–Crippen LogP) is 1.95. The highest BCUT2D eigenvalue weighted by atomic mass is 32.2. The molecule has 0 saturated carbocycles. The van der Waals surface area contributed by atoms with E-state index in [-0.39, 0.29) is 23.9 Å². The number of amides is 2. The molecule has 1 heterocycles. The summed E-state index contributed by atoms with van der Waals surface area (Å²) in [5.41, 5.74) is 1.09. The second-order valence-corrected chi connectivity index (χ2v) is 8.82. The molecule has 0 bridgehead atoms. The van der Waals surface area contributed by atoms with Crippen molar-refractivity contribution in [2.24, 2.45) is 0 Å². The lowest BCUT2D eigenvalue weighted by Crippen LogP contribution is -2.45. The number of sulfonamides is 1. The van der Waals surface area contributed by atoms with Crippen LogP contribution in [0.25, 0.3) is 0 Å². The van der Waals surface area contributed by atoms with Crippen LogP contribution in [-0.2, 0) is 32.6 Å². The molecule has 1 aromatic heterocycles.